The second-order valence-corrected chi connectivity index (χ2v) is 5.17. The van der Waals surface area contributed by atoms with Gasteiger partial charge in [0.1, 0.15) is 18.3 Å². The predicted octanol–water partition coefficient (Wildman–Crippen LogP) is 0.829. The van der Waals surface area contributed by atoms with Crippen molar-refractivity contribution in [2.45, 2.75) is 30.9 Å². The molecule has 0 aliphatic carbocycles. The molecule has 2 aliphatic rings. The summed E-state index contributed by atoms with van der Waals surface area (Å²) >= 11 is 0. The van der Waals surface area contributed by atoms with Crippen LogP contribution in [0, 0.1) is 11.3 Å². The summed E-state index contributed by atoms with van der Waals surface area (Å²) < 4.78 is 16.9. The van der Waals surface area contributed by atoms with Gasteiger partial charge in [-0.3, -0.25) is 0 Å². The van der Waals surface area contributed by atoms with Crippen molar-refractivity contribution in [2.75, 3.05) is 20.3 Å². The summed E-state index contributed by atoms with van der Waals surface area (Å²) in [5.74, 6) is 0. The Morgan fingerprint density at radius 3 is 3.00 bits per heavy atom. The number of hydrogen-bond acceptors (Lipinski definition) is 5. The van der Waals surface area contributed by atoms with Crippen LogP contribution in [0.1, 0.15) is 11.1 Å². The maximum atomic E-state index is 8.90. The van der Waals surface area contributed by atoms with Crippen LogP contribution < -0.4 is 5.32 Å². The molecular formula is C15H18N2O3. The molecule has 0 amide bonds. The van der Waals surface area contributed by atoms with Crippen LogP contribution in [0.5, 0.6) is 0 Å². The zero-order chi connectivity index (χ0) is 13.9. The maximum absolute atomic E-state index is 8.90. The largest absolute Gasteiger partial charge is 0.376 e. The average molecular weight is 274 g/mol. The van der Waals surface area contributed by atoms with Crippen LogP contribution in [0.2, 0.25) is 0 Å². The van der Waals surface area contributed by atoms with Gasteiger partial charge in [0.25, 0.3) is 0 Å². The van der Waals surface area contributed by atoms with E-state index in [0.29, 0.717) is 25.3 Å². The SMILES string of the molecule is COC1COC2C(NCc3cccc(C#N)c3)COC12. The van der Waals surface area contributed by atoms with Gasteiger partial charge < -0.3 is 19.5 Å². The molecule has 0 saturated carbocycles. The van der Waals surface area contributed by atoms with Crippen LogP contribution in [-0.2, 0) is 20.8 Å². The van der Waals surface area contributed by atoms with Gasteiger partial charge in [0.15, 0.2) is 0 Å². The number of nitrogens with zero attached hydrogens (tertiary/aromatic N) is 1. The summed E-state index contributed by atoms with van der Waals surface area (Å²) in [4.78, 5) is 0. The standard InChI is InChI=1S/C15H18N2O3/c1-18-13-9-20-14-12(8-19-15(13)14)17-7-11-4-2-3-10(5-11)6-16/h2-5,12-15,17H,7-9H2,1H3. The van der Waals surface area contributed by atoms with Crippen molar-refractivity contribution in [2.24, 2.45) is 0 Å². The molecule has 106 valence electrons. The Bertz CT molecular complexity index is 514. The number of benzene rings is 1. The van der Waals surface area contributed by atoms with Gasteiger partial charge in [0.2, 0.25) is 0 Å². The van der Waals surface area contributed by atoms with Crippen LogP contribution in [-0.4, -0.2) is 44.7 Å². The minimum Gasteiger partial charge on any atom is -0.376 e. The molecule has 0 aromatic heterocycles. The van der Waals surface area contributed by atoms with Crippen molar-refractivity contribution in [3.8, 4) is 6.07 Å². The predicted molar refractivity (Wildman–Crippen MR) is 72.1 cm³/mol. The van der Waals surface area contributed by atoms with E-state index in [4.69, 9.17) is 19.5 Å². The molecule has 2 fully saturated rings. The van der Waals surface area contributed by atoms with Crippen LogP contribution in [0.3, 0.4) is 0 Å². The van der Waals surface area contributed by atoms with Crippen molar-refractivity contribution in [3.63, 3.8) is 0 Å². The van der Waals surface area contributed by atoms with Gasteiger partial charge in [0.05, 0.1) is 30.9 Å². The Kier molecular flexibility index (Phi) is 3.99. The Balaban J connectivity index is 1.58. The number of nitriles is 1. The quantitative estimate of drug-likeness (QED) is 0.881. The molecule has 2 aliphatic heterocycles. The fourth-order valence-electron chi connectivity index (χ4n) is 2.84. The van der Waals surface area contributed by atoms with Crippen LogP contribution in [0.25, 0.3) is 0 Å². The molecule has 1 aromatic rings. The Morgan fingerprint density at radius 2 is 2.20 bits per heavy atom. The van der Waals surface area contributed by atoms with E-state index in [1.54, 1.807) is 7.11 Å². The van der Waals surface area contributed by atoms with Gasteiger partial charge >= 0.3 is 0 Å². The number of ether oxygens (including phenoxy) is 3. The normalized spacial score (nSPS) is 32.0. The first-order valence-corrected chi connectivity index (χ1v) is 6.80. The minimum atomic E-state index is 0.0305. The number of rotatable bonds is 4. The van der Waals surface area contributed by atoms with Crippen LogP contribution >= 0.6 is 0 Å². The second kappa shape index (κ2) is 5.90. The Morgan fingerprint density at radius 1 is 1.35 bits per heavy atom. The fourth-order valence-corrected chi connectivity index (χ4v) is 2.84. The highest BCUT2D eigenvalue weighted by Gasteiger charge is 2.47. The van der Waals surface area contributed by atoms with E-state index in [0.717, 1.165) is 5.56 Å². The van der Waals surface area contributed by atoms with Crippen molar-refractivity contribution in [1.82, 2.24) is 5.32 Å². The Labute approximate surface area is 118 Å². The monoisotopic (exact) mass is 274 g/mol. The molecule has 3 rings (SSSR count). The number of nitrogens with one attached hydrogen (secondary N) is 1. The highest BCUT2D eigenvalue weighted by atomic mass is 16.6. The third-order valence-corrected chi connectivity index (χ3v) is 3.94. The molecule has 0 bridgehead atoms. The van der Waals surface area contributed by atoms with Gasteiger partial charge in [-0.05, 0) is 17.7 Å². The average Bonchev–Trinajstić information content (AvgIpc) is 3.07. The molecule has 2 saturated heterocycles. The first-order valence-electron chi connectivity index (χ1n) is 6.80. The van der Waals surface area contributed by atoms with Gasteiger partial charge in [-0.25, -0.2) is 0 Å². The van der Waals surface area contributed by atoms with Gasteiger partial charge in [-0.1, -0.05) is 12.1 Å². The van der Waals surface area contributed by atoms with Crippen molar-refractivity contribution < 1.29 is 14.2 Å². The Hall–Kier alpha value is -1.45. The molecule has 5 nitrogen and oxygen atoms in total. The highest BCUT2D eigenvalue weighted by molar-refractivity contribution is 5.32. The molecule has 1 N–H and O–H groups in total. The molecule has 2 heterocycles. The van der Waals surface area contributed by atoms with E-state index in [9.17, 15) is 0 Å². The van der Waals surface area contributed by atoms with Crippen molar-refractivity contribution in [3.05, 3.63) is 35.4 Å². The zero-order valence-electron chi connectivity index (χ0n) is 11.4. The summed E-state index contributed by atoms with van der Waals surface area (Å²) in [6.07, 6.45) is 0.121. The lowest BCUT2D eigenvalue weighted by molar-refractivity contribution is -0.00824. The molecule has 5 heteroatoms. The number of hydrogen-bond donors (Lipinski definition) is 1. The third-order valence-electron chi connectivity index (χ3n) is 3.94. The lowest BCUT2D eigenvalue weighted by Crippen LogP contribution is -2.40. The van der Waals surface area contributed by atoms with Gasteiger partial charge in [-0.15, -0.1) is 0 Å². The first kappa shape index (κ1) is 13.5. The van der Waals surface area contributed by atoms with Crippen LogP contribution in [0.15, 0.2) is 24.3 Å². The zero-order valence-corrected chi connectivity index (χ0v) is 11.4. The summed E-state index contributed by atoms with van der Waals surface area (Å²) in [6.45, 7) is 1.93. The first-order chi connectivity index (χ1) is 9.81. The summed E-state index contributed by atoms with van der Waals surface area (Å²) in [5.41, 5.74) is 1.77. The van der Waals surface area contributed by atoms with Gasteiger partial charge in [-0.2, -0.15) is 5.26 Å². The molecule has 4 unspecified atom stereocenters. The minimum absolute atomic E-state index is 0.0305. The maximum Gasteiger partial charge on any atom is 0.114 e. The lowest BCUT2D eigenvalue weighted by Gasteiger charge is -2.17. The summed E-state index contributed by atoms with van der Waals surface area (Å²) in [7, 11) is 1.69. The van der Waals surface area contributed by atoms with E-state index in [1.807, 2.05) is 24.3 Å². The van der Waals surface area contributed by atoms with Crippen molar-refractivity contribution in [1.29, 1.82) is 5.26 Å². The van der Waals surface area contributed by atoms with E-state index < -0.39 is 0 Å². The number of methoxy groups -OCH3 is 1. The fraction of sp³-hybridized carbons (Fsp3) is 0.533. The molecule has 0 radical (unpaired) electrons. The molecular weight excluding hydrogens is 256 g/mol. The lowest BCUT2D eigenvalue weighted by atomic mass is 10.1. The van der Waals surface area contributed by atoms with E-state index in [2.05, 4.69) is 11.4 Å². The third kappa shape index (κ3) is 2.56. The van der Waals surface area contributed by atoms with Gasteiger partial charge in [0, 0.05) is 13.7 Å². The second-order valence-electron chi connectivity index (χ2n) is 5.17. The topological polar surface area (TPSA) is 63.5 Å². The molecule has 20 heavy (non-hydrogen) atoms. The smallest absolute Gasteiger partial charge is 0.114 e. The van der Waals surface area contributed by atoms with E-state index in [-0.39, 0.29) is 24.4 Å². The van der Waals surface area contributed by atoms with Crippen LogP contribution in [0.4, 0.5) is 0 Å². The molecule has 0 spiro atoms. The highest BCUT2D eigenvalue weighted by Crippen LogP contribution is 2.28. The van der Waals surface area contributed by atoms with Crippen molar-refractivity contribution >= 4 is 0 Å². The molecule has 1 aromatic carbocycles. The molecule has 4 atom stereocenters. The van der Waals surface area contributed by atoms with E-state index in [1.165, 1.54) is 0 Å². The number of fused-ring (bicyclic) bond motifs is 1. The van der Waals surface area contributed by atoms with E-state index >= 15 is 0 Å². The summed E-state index contributed by atoms with van der Waals surface area (Å²) in [5, 5.41) is 12.3. The summed E-state index contributed by atoms with van der Waals surface area (Å²) in [6, 6.07) is 9.94.